The molecule has 0 saturated heterocycles. The molecule has 0 amide bonds. The fourth-order valence-corrected chi connectivity index (χ4v) is 2.68. The van der Waals surface area contributed by atoms with Crippen molar-refractivity contribution in [2.24, 2.45) is 0 Å². The van der Waals surface area contributed by atoms with Crippen LogP contribution in [0.15, 0.2) is 22.7 Å². The Morgan fingerprint density at radius 3 is 2.68 bits per heavy atom. The van der Waals surface area contributed by atoms with Gasteiger partial charge in [-0.15, -0.1) is 10.2 Å². The molecule has 0 bridgehead atoms. The van der Waals surface area contributed by atoms with Gasteiger partial charge in [-0.2, -0.15) is 0 Å². The Bertz CT molecular complexity index is 627. The number of non-ortho nitro benzene ring substituents is 1. The van der Waals surface area contributed by atoms with Gasteiger partial charge in [-0.25, -0.2) is 0 Å². The third-order valence-corrected chi connectivity index (χ3v) is 3.57. The number of nitro benzene ring substituents is 1. The van der Waals surface area contributed by atoms with Gasteiger partial charge in [0.05, 0.1) is 10.3 Å². The molecular weight excluding hydrogens is 380 g/mol. The van der Waals surface area contributed by atoms with Gasteiger partial charge in [-0.3, -0.25) is 10.1 Å². The van der Waals surface area contributed by atoms with E-state index in [1.54, 1.807) is 6.07 Å². The van der Waals surface area contributed by atoms with E-state index in [1.807, 2.05) is 11.5 Å². The molecule has 0 aliphatic carbocycles. The van der Waals surface area contributed by atoms with Crippen molar-refractivity contribution in [3.05, 3.63) is 38.6 Å². The Balaban J connectivity index is 2.58. The number of hydrogen-bond donors (Lipinski definition) is 0. The predicted molar refractivity (Wildman–Crippen MR) is 78.1 cm³/mol. The minimum absolute atomic E-state index is 0.0235. The summed E-state index contributed by atoms with van der Waals surface area (Å²) >= 11 is 6.62. The van der Waals surface area contributed by atoms with Crippen LogP contribution in [0.3, 0.4) is 0 Å². The van der Waals surface area contributed by atoms with Gasteiger partial charge < -0.3 is 4.57 Å². The Kier molecular flexibility index (Phi) is 4.31. The smallest absolute Gasteiger partial charge is 0.271 e. The molecule has 1 aromatic carbocycles. The van der Waals surface area contributed by atoms with E-state index in [-0.39, 0.29) is 5.69 Å². The highest BCUT2D eigenvalue weighted by Crippen LogP contribution is 2.28. The molecule has 0 unspecified atom stereocenters. The number of rotatable bonds is 4. The summed E-state index contributed by atoms with van der Waals surface area (Å²) in [4.78, 5) is 10.5. The topological polar surface area (TPSA) is 73.8 Å². The molecular formula is C11H10Br2N4O2. The summed E-state index contributed by atoms with van der Waals surface area (Å²) < 4.78 is 2.56. The van der Waals surface area contributed by atoms with Gasteiger partial charge in [0.15, 0.2) is 5.82 Å². The van der Waals surface area contributed by atoms with Crippen LogP contribution in [0.1, 0.15) is 12.7 Å². The van der Waals surface area contributed by atoms with Crippen LogP contribution >= 0.6 is 31.9 Å². The second-order valence-corrected chi connectivity index (χ2v) is 5.25. The molecule has 2 rings (SSSR count). The maximum Gasteiger partial charge on any atom is 0.271 e. The first-order chi connectivity index (χ1) is 9.06. The highest BCUT2D eigenvalue weighted by Gasteiger charge is 2.16. The second-order valence-electron chi connectivity index (χ2n) is 3.77. The van der Waals surface area contributed by atoms with Gasteiger partial charge >= 0.3 is 0 Å². The molecule has 0 saturated carbocycles. The van der Waals surface area contributed by atoms with Crippen LogP contribution in [-0.4, -0.2) is 19.7 Å². The summed E-state index contributed by atoms with van der Waals surface area (Å²) in [7, 11) is 0. The van der Waals surface area contributed by atoms with E-state index in [4.69, 9.17) is 0 Å². The maximum atomic E-state index is 10.9. The lowest BCUT2D eigenvalue weighted by atomic mass is 10.2. The lowest BCUT2D eigenvalue weighted by Gasteiger charge is -2.06. The minimum Gasteiger partial charge on any atom is -0.311 e. The van der Waals surface area contributed by atoms with Gasteiger partial charge in [0, 0.05) is 28.7 Å². The van der Waals surface area contributed by atoms with E-state index in [9.17, 15) is 10.1 Å². The number of alkyl halides is 1. The van der Waals surface area contributed by atoms with E-state index < -0.39 is 4.92 Å². The van der Waals surface area contributed by atoms with Crippen molar-refractivity contribution in [3.8, 4) is 11.4 Å². The number of aromatic nitrogens is 3. The molecule has 0 N–H and O–H groups in total. The third kappa shape index (κ3) is 2.84. The molecule has 19 heavy (non-hydrogen) atoms. The van der Waals surface area contributed by atoms with Crippen molar-refractivity contribution in [2.45, 2.75) is 18.8 Å². The Hall–Kier alpha value is -1.28. The average Bonchev–Trinajstić information content (AvgIpc) is 2.80. The quantitative estimate of drug-likeness (QED) is 0.455. The zero-order valence-electron chi connectivity index (χ0n) is 10.0. The zero-order valence-corrected chi connectivity index (χ0v) is 13.2. The largest absolute Gasteiger partial charge is 0.311 e. The SMILES string of the molecule is CCn1c(CBr)nnc1-c1cc(Br)cc([N+](=O)[O-])c1. The standard InChI is InChI=1S/C11H10Br2N4O2/c1-2-16-10(6-12)14-15-11(16)7-3-8(13)5-9(4-7)17(18)19/h3-5H,2,6H2,1H3. The second kappa shape index (κ2) is 5.79. The van der Waals surface area contributed by atoms with Crippen molar-refractivity contribution >= 4 is 37.5 Å². The highest BCUT2D eigenvalue weighted by molar-refractivity contribution is 9.10. The van der Waals surface area contributed by atoms with Crippen molar-refractivity contribution < 1.29 is 4.92 Å². The average molecular weight is 390 g/mol. The molecule has 1 aromatic heterocycles. The number of hydrogen-bond acceptors (Lipinski definition) is 4. The lowest BCUT2D eigenvalue weighted by Crippen LogP contribution is -2.02. The van der Waals surface area contributed by atoms with E-state index in [0.717, 1.165) is 5.82 Å². The number of nitro groups is 1. The molecule has 6 nitrogen and oxygen atoms in total. The molecule has 0 aliphatic rings. The summed E-state index contributed by atoms with van der Waals surface area (Å²) in [6.07, 6.45) is 0. The number of halogens is 2. The minimum atomic E-state index is -0.424. The van der Waals surface area contributed by atoms with Gasteiger partial charge in [-0.1, -0.05) is 31.9 Å². The molecule has 8 heteroatoms. The van der Waals surface area contributed by atoms with Crippen molar-refractivity contribution in [1.82, 2.24) is 14.8 Å². The molecule has 0 atom stereocenters. The van der Waals surface area contributed by atoms with Crippen LogP contribution in [0, 0.1) is 10.1 Å². The van der Waals surface area contributed by atoms with Crippen molar-refractivity contribution in [3.63, 3.8) is 0 Å². The summed E-state index contributed by atoms with van der Waals surface area (Å²) in [6, 6.07) is 4.75. The maximum absolute atomic E-state index is 10.9. The van der Waals surface area contributed by atoms with Gasteiger partial charge in [-0.05, 0) is 13.0 Å². The molecule has 1 heterocycles. The number of benzene rings is 1. The Labute approximate surface area is 126 Å². The van der Waals surface area contributed by atoms with Crippen LogP contribution in [0.25, 0.3) is 11.4 Å². The number of nitrogens with zero attached hydrogens (tertiary/aromatic N) is 4. The summed E-state index contributed by atoms with van der Waals surface area (Å²) in [6.45, 7) is 2.68. The van der Waals surface area contributed by atoms with Crippen LogP contribution in [0.4, 0.5) is 5.69 Å². The molecule has 2 aromatic rings. The highest BCUT2D eigenvalue weighted by atomic mass is 79.9. The van der Waals surface area contributed by atoms with Crippen molar-refractivity contribution in [1.29, 1.82) is 0 Å². The lowest BCUT2D eigenvalue weighted by molar-refractivity contribution is -0.384. The van der Waals surface area contributed by atoms with Crippen LogP contribution in [0.5, 0.6) is 0 Å². The molecule has 0 spiro atoms. The van der Waals surface area contributed by atoms with Crippen LogP contribution in [0.2, 0.25) is 0 Å². The molecule has 0 fully saturated rings. The summed E-state index contributed by atoms with van der Waals surface area (Å²) in [5.41, 5.74) is 0.693. The Morgan fingerprint density at radius 1 is 1.37 bits per heavy atom. The first-order valence-electron chi connectivity index (χ1n) is 5.50. The van der Waals surface area contributed by atoms with E-state index in [2.05, 4.69) is 42.1 Å². The van der Waals surface area contributed by atoms with Crippen LogP contribution in [-0.2, 0) is 11.9 Å². The van der Waals surface area contributed by atoms with Crippen LogP contribution < -0.4 is 0 Å². The van der Waals surface area contributed by atoms with Crippen molar-refractivity contribution in [2.75, 3.05) is 0 Å². The fraction of sp³-hybridized carbons (Fsp3) is 0.273. The Morgan fingerprint density at radius 2 is 2.11 bits per heavy atom. The first-order valence-corrected chi connectivity index (χ1v) is 7.41. The predicted octanol–water partition coefficient (Wildman–Crippen LogP) is 3.53. The third-order valence-electron chi connectivity index (χ3n) is 2.61. The fourth-order valence-electron chi connectivity index (χ4n) is 1.79. The molecule has 0 aliphatic heterocycles. The van der Waals surface area contributed by atoms with E-state index in [0.29, 0.717) is 27.7 Å². The first kappa shape index (κ1) is 14.1. The van der Waals surface area contributed by atoms with E-state index in [1.165, 1.54) is 12.1 Å². The molecule has 100 valence electrons. The van der Waals surface area contributed by atoms with Gasteiger partial charge in [0.1, 0.15) is 5.82 Å². The monoisotopic (exact) mass is 388 g/mol. The normalized spacial score (nSPS) is 10.7. The van der Waals surface area contributed by atoms with Gasteiger partial charge in [0.2, 0.25) is 0 Å². The molecule has 0 radical (unpaired) electrons. The zero-order chi connectivity index (χ0) is 14.0. The summed E-state index contributed by atoms with van der Waals surface area (Å²) in [5, 5.41) is 19.7. The van der Waals surface area contributed by atoms with E-state index >= 15 is 0 Å². The van der Waals surface area contributed by atoms with Gasteiger partial charge in [0.25, 0.3) is 5.69 Å². The summed E-state index contributed by atoms with van der Waals surface area (Å²) in [5.74, 6) is 1.42.